The first kappa shape index (κ1) is 19.6. The maximum absolute atomic E-state index is 11.8. The first-order chi connectivity index (χ1) is 6.74. The van der Waals surface area contributed by atoms with Gasteiger partial charge in [0.15, 0.2) is 0 Å². The van der Waals surface area contributed by atoms with Crippen LogP contribution in [-0.4, -0.2) is 43.1 Å². The van der Waals surface area contributed by atoms with Gasteiger partial charge in [0.25, 0.3) is 0 Å². The quantitative estimate of drug-likeness (QED) is 0.522. The summed E-state index contributed by atoms with van der Waals surface area (Å²) in [7, 11) is 0. The molecule has 16 heavy (non-hydrogen) atoms. The zero-order valence-electron chi connectivity index (χ0n) is 10.2. The summed E-state index contributed by atoms with van der Waals surface area (Å²) in [5, 5.41) is 10.9. The van der Waals surface area contributed by atoms with Crippen LogP contribution in [0.25, 0.3) is 0 Å². The standard InChI is InChI=1S/C9H17F3NO2.K/c1-4-13(5-7(2)14)6-8(3)15-9(10,11)12;/h7-8H,4-6H2,1-3H3;/q-1;+1/t7?,8-;/m1./s1. The van der Waals surface area contributed by atoms with Crippen molar-refractivity contribution in [1.29, 1.82) is 0 Å². The van der Waals surface area contributed by atoms with Crippen LogP contribution in [0.15, 0.2) is 0 Å². The molecule has 0 fully saturated rings. The Kier molecular flexibility index (Phi) is 11.4. The smallest absolute Gasteiger partial charge is 0.851 e. The molecule has 92 valence electrons. The van der Waals surface area contributed by atoms with Gasteiger partial charge in [-0.25, -0.2) is 0 Å². The molecule has 1 unspecified atom stereocenters. The van der Waals surface area contributed by atoms with Gasteiger partial charge in [-0.2, -0.15) is 0 Å². The minimum atomic E-state index is -4.61. The van der Waals surface area contributed by atoms with Gasteiger partial charge in [-0.3, -0.25) is 4.74 Å². The van der Waals surface area contributed by atoms with E-state index < -0.39 is 18.6 Å². The molecule has 0 bridgehead atoms. The van der Waals surface area contributed by atoms with Gasteiger partial charge in [-0.05, 0) is 20.0 Å². The molecule has 0 N–H and O–H groups in total. The number of ether oxygens (including phenoxy) is 1. The molecule has 0 saturated carbocycles. The summed E-state index contributed by atoms with van der Waals surface area (Å²) in [5.41, 5.74) is 0. The SMILES string of the molecule is CCN(CC(C)[O-])C[C@@H](C)OC(F)(F)F.[K+]. The summed E-state index contributed by atoms with van der Waals surface area (Å²) in [5.74, 6) is 0. The van der Waals surface area contributed by atoms with Crippen molar-refractivity contribution in [3.05, 3.63) is 0 Å². The van der Waals surface area contributed by atoms with E-state index in [1.54, 1.807) is 11.8 Å². The van der Waals surface area contributed by atoms with Crippen LogP contribution in [0, 0.1) is 0 Å². The number of hydrogen-bond donors (Lipinski definition) is 0. The van der Waals surface area contributed by atoms with Gasteiger partial charge in [0.05, 0.1) is 6.10 Å². The summed E-state index contributed by atoms with van der Waals surface area (Å²) in [6, 6.07) is 0. The maximum Gasteiger partial charge on any atom is 1.00 e. The van der Waals surface area contributed by atoms with Crippen molar-refractivity contribution in [3.8, 4) is 0 Å². The fourth-order valence-corrected chi connectivity index (χ4v) is 1.33. The van der Waals surface area contributed by atoms with Crippen molar-refractivity contribution in [3.63, 3.8) is 0 Å². The van der Waals surface area contributed by atoms with Crippen LogP contribution in [0.4, 0.5) is 13.2 Å². The Labute approximate surface area is 137 Å². The molecule has 0 heterocycles. The normalized spacial score (nSPS) is 15.8. The molecule has 7 heteroatoms. The summed E-state index contributed by atoms with van der Waals surface area (Å²) >= 11 is 0. The number of nitrogens with zero attached hydrogens (tertiary/aromatic N) is 1. The number of halogens is 3. The Balaban J connectivity index is 0. The van der Waals surface area contributed by atoms with E-state index in [1.807, 2.05) is 0 Å². The molecule has 0 aromatic heterocycles. The minimum absolute atomic E-state index is 0. The molecular formula is C9H17F3KNO2. The van der Waals surface area contributed by atoms with E-state index in [9.17, 15) is 18.3 Å². The molecule has 0 radical (unpaired) electrons. The third-order valence-corrected chi connectivity index (χ3v) is 1.81. The molecule has 0 saturated heterocycles. The molecule has 0 aliphatic heterocycles. The van der Waals surface area contributed by atoms with Gasteiger partial charge in [0.2, 0.25) is 0 Å². The van der Waals surface area contributed by atoms with E-state index in [2.05, 4.69) is 4.74 Å². The Morgan fingerprint density at radius 3 is 2.06 bits per heavy atom. The van der Waals surface area contributed by atoms with Gasteiger partial charge < -0.3 is 10.0 Å². The molecule has 0 aliphatic rings. The number of alkyl halides is 3. The first-order valence-electron chi connectivity index (χ1n) is 4.87. The van der Waals surface area contributed by atoms with Crippen molar-refractivity contribution in [2.24, 2.45) is 0 Å². The van der Waals surface area contributed by atoms with E-state index in [0.29, 0.717) is 6.54 Å². The Morgan fingerprint density at radius 2 is 1.75 bits per heavy atom. The molecule has 0 amide bonds. The van der Waals surface area contributed by atoms with E-state index >= 15 is 0 Å². The molecular weight excluding hydrogens is 250 g/mol. The van der Waals surface area contributed by atoms with Gasteiger partial charge in [0.1, 0.15) is 0 Å². The Hall–Kier alpha value is 1.31. The van der Waals surface area contributed by atoms with Crippen molar-refractivity contribution in [2.75, 3.05) is 19.6 Å². The largest absolute Gasteiger partial charge is 1.00 e. The predicted octanol–water partition coefficient (Wildman–Crippen LogP) is -2.01. The predicted molar refractivity (Wildman–Crippen MR) is 48.2 cm³/mol. The second kappa shape index (κ2) is 9.26. The van der Waals surface area contributed by atoms with Crippen molar-refractivity contribution < 1.29 is 74.4 Å². The molecule has 0 aromatic rings. The maximum atomic E-state index is 11.8. The third-order valence-electron chi connectivity index (χ3n) is 1.81. The molecule has 0 rings (SSSR count). The molecule has 0 aliphatic carbocycles. The molecule has 0 spiro atoms. The molecule has 3 nitrogen and oxygen atoms in total. The average molecular weight is 267 g/mol. The fraction of sp³-hybridized carbons (Fsp3) is 1.00. The van der Waals surface area contributed by atoms with Crippen LogP contribution in [0.3, 0.4) is 0 Å². The second-order valence-electron chi connectivity index (χ2n) is 3.54. The van der Waals surface area contributed by atoms with Gasteiger partial charge in [0, 0.05) is 6.54 Å². The Bertz CT molecular complexity index is 179. The van der Waals surface area contributed by atoms with Crippen LogP contribution in [0.5, 0.6) is 0 Å². The van der Waals surface area contributed by atoms with Crippen LogP contribution in [0.2, 0.25) is 0 Å². The number of rotatable bonds is 6. The van der Waals surface area contributed by atoms with Crippen molar-refractivity contribution in [1.82, 2.24) is 4.90 Å². The van der Waals surface area contributed by atoms with Gasteiger partial charge in [-0.1, -0.05) is 13.8 Å². The van der Waals surface area contributed by atoms with Crippen LogP contribution >= 0.6 is 0 Å². The van der Waals surface area contributed by atoms with E-state index in [0.717, 1.165) is 0 Å². The van der Waals surface area contributed by atoms with E-state index in [-0.39, 0.29) is 64.5 Å². The van der Waals surface area contributed by atoms with Crippen LogP contribution in [0.1, 0.15) is 20.8 Å². The Morgan fingerprint density at radius 1 is 1.25 bits per heavy atom. The van der Waals surface area contributed by atoms with Crippen LogP contribution in [-0.2, 0) is 4.74 Å². The second-order valence-corrected chi connectivity index (χ2v) is 3.54. The van der Waals surface area contributed by atoms with Crippen molar-refractivity contribution in [2.45, 2.75) is 39.3 Å². The number of likely N-dealkylation sites (N-methyl/N-ethyl adjacent to an activating group) is 1. The molecule has 2 atom stereocenters. The zero-order valence-corrected chi connectivity index (χ0v) is 13.3. The van der Waals surface area contributed by atoms with Gasteiger partial charge in [-0.15, -0.1) is 19.3 Å². The summed E-state index contributed by atoms with van der Waals surface area (Å²) < 4.78 is 39.3. The van der Waals surface area contributed by atoms with Crippen LogP contribution < -0.4 is 56.5 Å². The summed E-state index contributed by atoms with van der Waals surface area (Å²) in [6.07, 6.45) is -6.37. The van der Waals surface area contributed by atoms with Gasteiger partial charge >= 0.3 is 57.7 Å². The fourth-order valence-electron chi connectivity index (χ4n) is 1.33. The number of hydrogen-bond acceptors (Lipinski definition) is 3. The van der Waals surface area contributed by atoms with Crippen molar-refractivity contribution >= 4 is 0 Å². The summed E-state index contributed by atoms with van der Waals surface area (Å²) in [6.45, 7) is 5.51. The minimum Gasteiger partial charge on any atom is -0.851 e. The third kappa shape index (κ3) is 11.8. The van der Waals surface area contributed by atoms with E-state index in [1.165, 1.54) is 13.8 Å². The van der Waals surface area contributed by atoms with E-state index in [4.69, 9.17) is 0 Å². The topological polar surface area (TPSA) is 35.5 Å². The first-order valence-corrected chi connectivity index (χ1v) is 4.87. The summed E-state index contributed by atoms with van der Waals surface area (Å²) in [4.78, 5) is 1.65. The molecule has 0 aromatic carbocycles. The zero-order chi connectivity index (χ0) is 12.1. The average Bonchev–Trinajstić information content (AvgIpc) is 1.98. The monoisotopic (exact) mass is 267 g/mol.